The van der Waals surface area contributed by atoms with Gasteiger partial charge in [-0.25, -0.2) is 0 Å². The minimum absolute atomic E-state index is 0. The van der Waals surface area contributed by atoms with Gasteiger partial charge in [0.25, 0.3) is 0 Å². The number of hydrogen-bond acceptors (Lipinski definition) is 1. The van der Waals surface area contributed by atoms with E-state index in [0.29, 0.717) is 5.69 Å². The van der Waals surface area contributed by atoms with E-state index in [1.807, 2.05) is 30.3 Å². The minimum atomic E-state index is 0. The zero-order valence-corrected chi connectivity index (χ0v) is 8.46. The number of H-pyrrole nitrogens is 1. The molecule has 64 valence electrons. The summed E-state index contributed by atoms with van der Waals surface area (Å²) in [4.78, 5) is 13.3. The first-order valence-corrected chi connectivity index (χ1v) is 3.43. The van der Waals surface area contributed by atoms with Gasteiger partial charge < -0.3 is 4.98 Å². The SMILES string of the molecule is O=Cc1cc2ccccc2[nH]1.[Pt]. The molecule has 1 heterocycles. The largest absolute Gasteiger partial charge is 0.352 e. The molecule has 2 nitrogen and oxygen atoms in total. The molecule has 3 heteroatoms. The Bertz CT molecular complexity index is 361. The van der Waals surface area contributed by atoms with Crippen molar-refractivity contribution in [1.29, 1.82) is 0 Å². The molecule has 0 aliphatic carbocycles. The Kier molecular flexibility index (Phi) is 2.82. The Balaban J connectivity index is 0.000000720. The van der Waals surface area contributed by atoms with Crippen molar-refractivity contribution < 1.29 is 25.9 Å². The number of aromatic nitrogens is 1. The van der Waals surface area contributed by atoms with Crippen LogP contribution in [0.15, 0.2) is 30.3 Å². The number of carbonyl (C=O) groups is 1. The van der Waals surface area contributed by atoms with Crippen LogP contribution in [0.25, 0.3) is 10.9 Å². The number of fused-ring (bicyclic) bond motifs is 1. The molecule has 0 radical (unpaired) electrons. The van der Waals surface area contributed by atoms with E-state index < -0.39 is 0 Å². The summed E-state index contributed by atoms with van der Waals surface area (Å²) in [7, 11) is 0. The molecule has 0 spiro atoms. The van der Waals surface area contributed by atoms with Crippen molar-refractivity contribution in [1.82, 2.24) is 4.98 Å². The smallest absolute Gasteiger partial charge is 0.166 e. The van der Waals surface area contributed by atoms with E-state index in [4.69, 9.17) is 0 Å². The van der Waals surface area contributed by atoms with Crippen LogP contribution in [0.5, 0.6) is 0 Å². The van der Waals surface area contributed by atoms with Crippen LogP contribution >= 0.6 is 0 Å². The number of nitrogens with one attached hydrogen (secondary N) is 1. The number of para-hydroxylation sites is 1. The normalized spacial score (nSPS) is 9.33. The van der Waals surface area contributed by atoms with Crippen molar-refractivity contribution >= 4 is 17.2 Å². The molecule has 0 bridgehead atoms. The van der Waals surface area contributed by atoms with E-state index >= 15 is 0 Å². The molecule has 0 saturated carbocycles. The zero-order valence-electron chi connectivity index (χ0n) is 6.19. The van der Waals surface area contributed by atoms with E-state index in [9.17, 15) is 4.79 Å². The summed E-state index contributed by atoms with van der Waals surface area (Å²) in [5.74, 6) is 0. The molecule has 1 N–H and O–H groups in total. The van der Waals surface area contributed by atoms with Crippen LogP contribution in [0.4, 0.5) is 0 Å². The van der Waals surface area contributed by atoms with Crippen molar-refractivity contribution in [3.05, 3.63) is 36.0 Å². The van der Waals surface area contributed by atoms with Crippen LogP contribution in [-0.2, 0) is 21.1 Å². The number of aromatic amines is 1. The third-order valence-corrected chi connectivity index (χ3v) is 1.68. The summed E-state index contributed by atoms with van der Waals surface area (Å²) in [6.07, 6.45) is 0.819. The topological polar surface area (TPSA) is 32.9 Å². The Labute approximate surface area is 84.2 Å². The first kappa shape index (κ1) is 9.21. The van der Waals surface area contributed by atoms with Gasteiger partial charge in [0.1, 0.15) is 0 Å². The van der Waals surface area contributed by atoms with Crippen LogP contribution < -0.4 is 0 Å². The first-order valence-electron chi connectivity index (χ1n) is 3.43. The van der Waals surface area contributed by atoms with Crippen LogP contribution in [0.2, 0.25) is 0 Å². The molecule has 2 rings (SSSR count). The number of carbonyl (C=O) groups excluding carboxylic acids is 1. The second-order valence-corrected chi connectivity index (χ2v) is 2.43. The molecule has 0 aliphatic heterocycles. The Hall–Kier alpha value is -0.882. The molecule has 0 amide bonds. The average molecular weight is 340 g/mol. The fraction of sp³-hybridized carbons (Fsp3) is 0. The predicted octanol–water partition coefficient (Wildman–Crippen LogP) is 1.98. The maximum absolute atomic E-state index is 10.3. The van der Waals surface area contributed by atoms with Crippen LogP contribution in [0.1, 0.15) is 10.5 Å². The molecule has 0 saturated heterocycles. The van der Waals surface area contributed by atoms with Crippen molar-refractivity contribution in [2.45, 2.75) is 0 Å². The summed E-state index contributed by atoms with van der Waals surface area (Å²) in [6.45, 7) is 0. The molecule has 0 fully saturated rings. The molecule has 0 atom stereocenters. The first-order chi connectivity index (χ1) is 5.40. The Morgan fingerprint density at radius 1 is 1.25 bits per heavy atom. The molecule has 1 aromatic heterocycles. The Morgan fingerprint density at radius 3 is 2.67 bits per heavy atom. The van der Waals surface area contributed by atoms with Gasteiger partial charge in [0.05, 0.1) is 5.69 Å². The average Bonchev–Trinajstić information content (AvgIpc) is 2.46. The number of benzene rings is 1. The fourth-order valence-electron chi connectivity index (χ4n) is 1.16. The van der Waals surface area contributed by atoms with Crippen molar-refractivity contribution in [3.8, 4) is 0 Å². The third kappa shape index (κ3) is 1.48. The van der Waals surface area contributed by atoms with Gasteiger partial charge in [-0.3, -0.25) is 4.79 Å². The molecular formula is C9H7NOPt. The fourth-order valence-corrected chi connectivity index (χ4v) is 1.16. The van der Waals surface area contributed by atoms with Crippen molar-refractivity contribution in [3.63, 3.8) is 0 Å². The number of hydrogen-bond donors (Lipinski definition) is 1. The second kappa shape index (κ2) is 3.68. The van der Waals surface area contributed by atoms with E-state index in [-0.39, 0.29) is 21.1 Å². The molecule has 0 aliphatic rings. The zero-order chi connectivity index (χ0) is 7.68. The summed E-state index contributed by atoms with van der Waals surface area (Å²) >= 11 is 0. The standard InChI is InChI=1S/C9H7NO.Pt/c11-6-8-5-7-3-1-2-4-9(7)10-8;/h1-6,10H;. The summed E-state index contributed by atoms with van der Waals surface area (Å²) in [6, 6.07) is 9.64. The van der Waals surface area contributed by atoms with Gasteiger partial charge in [-0.2, -0.15) is 0 Å². The molecule has 1 aromatic carbocycles. The molecule has 0 unspecified atom stereocenters. The van der Waals surface area contributed by atoms with Gasteiger partial charge in [0.2, 0.25) is 0 Å². The maximum Gasteiger partial charge on any atom is 0.166 e. The molecular weight excluding hydrogens is 333 g/mol. The maximum atomic E-state index is 10.3. The van der Waals surface area contributed by atoms with E-state index in [2.05, 4.69) is 4.98 Å². The molecule has 2 aromatic rings. The van der Waals surface area contributed by atoms with Crippen LogP contribution in [0, 0.1) is 0 Å². The van der Waals surface area contributed by atoms with Gasteiger partial charge in [0, 0.05) is 32.0 Å². The van der Waals surface area contributed by atoms with Gasteiger partial charge in [-0.1, -0.05) is 18.2 Å². The van der Waals surface area contributed by atoms with E-state index in [1.54, 1.807) is 0 Å². The van der Waals surface area contributed by atoms with Gasteiger partial charge in [-0.05, 0) is 12.1 Å². The monoisotopic (exact) mass is 340 g/mol. The summed E-state index contributed by atoms with van der Waals surface area (Å²) in [5, 5.41) is 1.08. The Morgan fingerprint density at radius 2 is 2.00 bits per heavy atom. The van der Waals surface area contributed by atoms with Crippen LogP contribution in [0.3, 0.4) is 0 Å². The van der Waals surface area contributed by atoms with Crippen molar-refractivity contribution in [2.24, 2.45) is 0 Å². The predicted molar refractivity (Wildman–Crippen MR) is 43.7 cm³/mol. The molecule has 12 heavy (non-hydrogen) atoms. The van der Waals surface area contributed by atoms with Gasteiger partial charge in [0.15, 0.2) is 6.29 Å². The van der Waals surface area contributed by atoms with Crippen LogP contribution in [-0.4, -0.2) is 11.3 Å². The van der Waals surface area contributed by atoms with E-state index in [0.717, 1.165) is 17.2 Å². The second-order valence-electron chi connectivity index (χ2n) is 2.43. The summed E-state index contributed by atoms with van der Waals surface area (Å²) < 4.78 is 0. The van der Waals surface area contributed by atoms with Crippen molar-refractivity contribution in [2.75, 3.05) is 0 Å². The summed E-state index contributed by atoms with van der Waals surface area (Å²) in [5.41, 5.74) is 1.64. The van der Waals surface area contributed by atoms with Gasteiger partial charge in [-0.15, -0.1) is 0 Å². The number of rotatable bonds is 1. The van der Waals surface area contributed by atoms with Gasteiger partial charge >= 0.3 is 0 Å². The minimum Gasteiger partial charge on any atom is -0.352 e. The third-order valence-electron chi connectivity index (χ3n) is 1.68. The quantitative estimate of drug-likeness (QED) is 0.792. The number of aldehydes is 1. The van der Waals surface area contributed by atoms with E-state index in [1.165, 1.54) is 0 Å².